The summed E-state index contributed by atoms with van der Waals surface area (Å²) >= 11 is 0. The molecule has 0 radical (unpaired) electrons. The molecule has 9 heteroatoms. The molecule has 0 aliphatic rings. The van der Waals surface area contributed by atoms with Gasteiger partial charge in [0.25, 0.3) is 0 Å². The van der Waals surface area contributed by atoms with Crippen molar-refractivity contribution in [2.45, 2.75) is 6.54 Å². The number of sulfonamides is 1. The predicted octanol–water partition coefficient (Wildman–Crippen LogP) is -0.194. The van der Waals surface area contributed by atoms with E-state index in [1.165, 1.54) is 24.3 Å². The quantitative estimate of drug-likeness (QED) is 0.752. The Morgan fingerprint density at radius 1 is 1.16 bits per heavy atom. The van der Waals surface area contributed by atoms with Crippen molar-refractivity contribution in [3.63, 3.8) is 0 Å². The highest BCUT2D eigenvalue weighted by atomic mass is 32.3. The van der Waals surface area contributed by atoms with E-state index in [9.17, 15) is 21.6 Å². The van der Waals surface area contributed by atoms with Gasteiger partial charge >= 0.3 is 5.97 Å². The third kappa shape index (κ3) is 5.81. The van der Waals surface area contributed by atoms with Gasteiger partial charge in [-0.05, 0) is 17.7 Å². The van der Waals surface area contributed by atoms with Crippen LogP contribution in [0, 0.1) is 0 Å². The molecule has 1 rings (SSSR count). The molecule has 0 aromatic heterocycles. The summed E-state index contributed by atoms with van der Waals surface area (Å²) in [6.07, 6.45) is 0.827. The number of carboxylic acid groups (broad SMARTS) is 1. The van der Waals surface area contributed by atoms with Crippen molar-refractivity contribution in [2.75, 3.05) is 11.3 Å². The van der Waals surface area contributed by atoms with Crippen molar-refractivity contribution < 1.29 is 26.7 Å². The second kappa shape index (κ2) is 5.68. The Hall–Kier alpha value is -1.45. The Morgan fingerprint density at radius 2 is 1.68 bits per heavy atom. The molecule has 0 saturated heterocycles. The summed E-state index contributed by atoms with van der Waals surface area (Å²) in [4.78, 5) is 10.6. The molecule has 19 heavy (non-hydrogen) atoms. The largest absolute Gasteiger partial charge is 0.478 e. The molecule has 0 spiro atoms. The molecule has 1 aromatic carbocycles. The van der Waals surface area contributed by atoms with E-state index < -0.39 is 30.9 Å². The van der Waals surface area contributed by atoms with Crippen LogP contribution in [-0.4, -0.2) is 39.3 Å². The van der Waals surface area contributed by atoms with E-state index >= 15 is 0 Å². The second-order valence-corrected chi connectivity index (χ2v) is 8.29. The third-order valence-corrected chi connectivity index (χ3v) is 5.60. The van der Waals surface area contributed by atoms with E-state index in [1.807, 2.05) is 0 Å². The highest BCUT2D eigenvalue weighted by Gasteiger charge is 2.17. The number of carbonyl (C=O) groups is 1. The van der Waals surface area contributed by atoms with Crippen molar-refractivity contribution in [2.24, 2.45) is 0 Å². The first-order chi connectivity index (χ1) is 8.59. The van der Waals surface area contributed by atoms with E-state index in [0.717, 1.165) is 6.26 Å². The van der Waals surface area contributed by atoms with Gasteiger partial charge in [0.1, 0.15) is 0 Å². The summed E-state index contributed by atoms with van der Waals surface area (Å²) in [5.41, 5.74) is 0.616. The highest BCUT2D eigenvalue weighted by molar-refractivity contribution is 8.06. The first-order valence-electron chi connectivity index (χ1n) is 5.06. The van der Waals surface area contributed by atoms with Gasteiger partial charge in [0, 0.05) is 12.8 Å². The van der Waals surface area contributed by atoms with Crippen LogP contribution < -0.4 is 4.72 Å². The zero-order valence-corrected chi connectivity index (χ0v) is 11.7. The summed E-state index contributed by atoms with van der Waals surface area (Å²) in [6, 6.07) is 5.57. The minimum atomic E-state index is -3.92. The maximum atomic E-state index is 11.4. The summed E-state index contributed by atoms with van der Waals surface area (Å²) in [5.74, 6) is -1.08. The molecule has 2 N–H and O–H groups in total. The van der Waals surface area contributed by atoms with Gasteiger partial charge in [-0.2, -0.15) is 0 Å². The zero-order chi connectivity index (χ0) is 14.7. The fourth-order valence-corrected chi connectivity index (χ4v) is 4.26. The Kier molecular flexibility index (Phi) is 4.66. The number of carboxylic acids is 1. The smallest absolute Gasteiger partial charge is 0.335 e. The average Bonchev–Trinajstić information content (AvgIpc) is 2.24. The first kappa shape index (κ1) is 15.6. The third-order valence-electron chi connectivity index (χ3n) is 2.07. The molecular weight excluding hydrogens is 294 g/mol. The number of hydrogen-bond acceptors (Lipinski definition) is 5. The molecule has 0 amide bonds. The van der Waals surface area contributed by atoms with Crippen molar-refractivity contribution in [3.05, 3.63) is 35.4 Å². The monoisotopic (exact) mass is 307 g/mol. The van der Waals surface area contributed by atoms with Gasteiger partial charge in [0.05, 0.1) is 5.56 Å². The zero-order valence-electron chi connectivity index (χ0n) is 10.0. The topological polar surface area (TPSA) is 118 Å². The van der Waals surface area contributed by atoms with Gasteiger partial charge in [-0.25, -0.2) is 26.4 Å². The van der Waals surface area contributed by atoms with Crippen LogP contribution in [0.1, 0.15) is 15.9 Å². The normalized spacial score (nSPS) is 12.3. The van der Waals surface area contributed by atoms with Crippen molar-refractivity contribution in [1.29, 1.82) is 0 Å². The van der Waals surface area contributed by atoms with E-state index in [-0.39, 0.29) is 12.1 Å². The lowest BCUT2D eigenvalue weighted by molar-refractivity contribution is 0.0697. The number of sulfone groups is 1. The number of nitrogens with one attached hydrogen (secondary N) is 1. The molecule has 0 bridgehead atoms. The van der Waals surface area contributed by atoms with Crippen molar-refractivity contribution in [1.82, 2.24) is 4.72 Å². The lowest BCUT2D eigenvalue weighted by Crippen LogP contribution is -2.29. The maximum absolute atomic E-state index is 11.4. The van der Waals surface area contributed by atoms with E-state index in [1.54, 1.807) is 0 Å². The average molecular weight is 307 g/mol. The van der Waals surface area contributed by atoms with Gasteiger partial charge in [-0.15, -0.1) is 0 Å². The van der Waals surface area contributed by atoms with Crippen LogP contribution in [0.4, 0.5) is 0 Å². The van der Waals surface area contributed by atoms with Crippen LogP contribution in [0.15, 0.2) is 24.3 Å². The molecule has 0 fully saturated rings. The van der Waals surface area contributed by atoms with Crippen LogP contribution in [0.2, 0.25) is 0 Å². The standard InChI is InChI=1S/C10H13NO6S2/c1-18(14,15)7-19(16,17)11-6-8-2-4-9(5-3-8)10(12)13/h2-5,11H,6-7H2,1H3,(H,12,13). The number of rotatable bonds is 6. The predicted molar refractivity (Wildman–Crippen MR) is 68.9 cm³/mol. The van der Waals surface area contributed by atoms with Crippen LogP contribution in [-0.2, 0) is 26.4 Å². The Bertz CT molecular complexity index is 660. The number of aromatic carboxylic acids is 1. The van der Waals surface area contributed by atoms with Gasteiger partial charge < -0.3 is 5.11 Å². The molecule has 0 aliphatic heterocycles. The SMILES string of the molecule is CS(=O)(=O)CS(=O)(=O)NCc1ccc(C(=O)O)cc1. The number of hydrogen-bond donors (Lipinski definition) is 2. The Labute approximate surface area is 111 Å². The molecule has 0 aliphatic carbocycles. The molecular formula is C10H13NO6S2. The maximum Gasteiger partial charge on any atom is 0.335 e. The fourth-order valence-electron chi connectivity index (χ4n) is 1.28. The second-order valence-electron chi connectivity index (χ2n) is 3.98. The van der Waals surface area contributed by atoms with E-state index in [2.05, 4.69) is 4.72 Å². The fraction of sp³-hybridized carbons (Fsp3) is 0.300. The van der Waals surface area contributed by atoms with Gasteiger partial charge in [0.15, 0.2) is 14.9 Å². The molecule has 0 unspecified atom stereocenters. The highest BCUT2D eigenvalue weighted by Crippen LogP contribution is 2.05. The lowest BCUT2D eigenvalue weighted by atomic mass is 10.1. The van der Waals surface area contributed by atoms with E-state index in [4.69, 9.17) is 5.11 Å². The molecule has 106 valence electrons. The summed E-state index contributed by atoms with van der Waals surface area (Å²) in [6.45, 7) is -0.0995. The molecule has 0 saturated carbocycles. The van der Waals surface area contributed by atoms with Crippen LogP contribution >= 0.6 is 0 Å². The summed E-state index contributed by atoms with van der Waals surface area (Å²) < 4.78 is 46.7. The van der Waals surface area contributed by atoms with Crippen molar-refractivity contribution >= 4 is 25.8 Å². The van der Waals surface area contributed by atoms with E-state index in [0.29, 0.717) is 5.56 Å². The molecule has 0 heterocycles. The first-order valence-corrected chi connectivity index (χ1v) is 8.78. The molecule has 0 atom stereocenters. The van der Waals surface area contributed by atoms with Crippen LogP contribution in [0.5, 0.6) is 0 Å². The molecule has 1 aromatic rings. The van der Waals surface area contributed by atoms with Crippen molar-refractivity contribution in [3.8, 4) is 0 Å². The van der Waals surface area contributed by atoms with Crippen LogP contribution in [0.25, 0.3) is 0 Å². The minimum absolute atomic E-state index is 0.0859. The Balaban J connectivity index is 2.69. The lowest BCUT2D eigenvalue weighted by Gasteiger charge is -2.06. The Morgan fingerprint density at radius 3 is 2.11 bits per heavy atom. The minimum Gasteiger partial charge on any atom is -0.478 e. The van der Waals surface area contributed by atoms with Gasteiger partial charge in [-0.3, -0.25) is 0 Å². The molecule has 7 nitrogen and oxygen atoms in total. The summed E-state index contributed by atoms with van der Waals surface area (Å²) in [7, 11) is -7.55. The van der Waals surface area contributed by atoms with Gasteiger partial charge in [-0.1, -0.05) is 12.1 Å². The summed E-state index contributed by atoms with van der Waals surface area (Å²) in [5, 5.41) is 7.71. The van der Waals surface area contributed by atoms with Gasteiger partial charge in [0.2, 0.25) is 10.0 Å². The number of benzene rings is 1. The van der Waals surface area contributed by atoms with Crippen LogP contribution in [0.3, 0.4) is 0 Å².